The van der Waals surface area contributed by atoms with Crippen molar-refractivity contribution in [3.8, 4) is 0 Å². The van der Waals surface area contributed by atoms with Crippen molar-refractivity contribution in [2.24, 2.45) is 0 Å². The van der Waals surface area contributed by atoms with E-state index in [9.17, 15) is 0 Å². The Hall–Kier alpha value is -0.610. The first-order valence-corrected chi connectivity index (χ1v) is 7.72. The van der Waals surface area contributed by atoms with Gasteiger partial charge in [0.1, 0.15) is 6.10 Å². The van der Waals surface area contributed by atoms with Gasteiger partial charge in [-0.3, -0.25) is 0 Å². The Bertz CT molecular complexity index is 457. The molecular weight excluding hydrogens is 276 g/mol. The average Bonchev–Trinajstić information content (AvgIpc) is 2.79. The molecule has 0 N–H and O–H groups in total. The molecule has 1 aliphatic heterocycles. The first-order chi connectivity index (χ1) is 9.72. The molecular formula is C16H21ClO3. The zero-order valence-corrected chi connectivity index (χ0v) is 12.6. The predicted molar refractivity (Wildman–Crippen MR) is 77.7 cm³/mol. The number of hydrogen-bond donors (Lipinski definition) is 0. The Balaban J connectivity index is 1.73. The standard InChI is InChI=1S/C16H21ClO3/c1-18-15-14(11-12-7-3-4-8-13(12)17)19-16(20-15)9-5-2-6-10-16/h3-4,7-8,14-15H,2,5-6,9-11H2,1H3/t14-,15-/m1/s1. The molecule has 1 spiro atoms. The number of methoxy groups -OCH3 is 1. The van der Waals surface area contributed by atoms with Crippen molar-refractivity contribution in [2.45, 2.75) is 56.7 Å². The molecule has 3 nitrogen and oxygen atoms in total. The van der Waals surface area contributed by atoms with E-state index >= 15 is 0 Å². The van der Waals surface area contributed by atoms with Crippen LogP contribution in [0.3, 0.4) is 0 Å². The van der Waals surface area contributed by atoms with E-state index in [2.05, 4.69) is 0 Å². The van der Waals surface area contributed by atoms with Crippen molar-refractivity contribution in [1.82, 2.24) is 0 Å². The molecule has 2 atom stereocenters. The highest BCUT2D eigenvalue weighted by Crippen LogP contribution is 2.41. The van der Waals surface area contributed by atoms with Crippen molar-refractivity contribution < 1.29 is 14.2 Å². The number of benzene rings is 1. The van der Waals surface area contributed by atoms with Gasteiger partial charge in [-0.15, -0.1) is 0 Å². The first kappa shape index (κ1) is 14.3. The molecule has 0 amide bonds. The predicted octanol–water partition coefficient (Wildman–Crippen LogP) is 3.93. The van der Waals surface area contributed by atoms with Crippen LogP contribution in [0.2, 0.25) is 5.02 Å². The topological polar surface area (TPSA) is 27.7 Å². The number of ether oxygens (including phenoxy) is 3. The van der Waals surface area contributed by atoms with E-state index in [1.807, 2.05) is 24.3 Å². The van der Waals surface area contributed by atoms with Gasteiger partial charge < -0.3 is 14.2 Å². The van der Waals surface area contributed by atoms with Crippen LogP contribution in [0.25, 0.3) is 0 Å². The van der Waals surface area contributed by atoms with Gasteiger partial charge in [-0.2, -0.15) is 0 Å². The summed E-state index contributed by atoms with van der Waals surface area (Å²) >= 11 is 6.23. The summed E-state index contributed by atoms with van der Waals surface area (Å²) in [4.78, 5) is 0. The molecule has 110 valence electrons. The van der Waals surface area contributed by atoms with Crippen LogP contribution >= 0.6 is 11.6 Å². The quantitative estimate of drug-likeness (QED) is 0.846. The van der Waals surface area contributed by atoms with Crippen molar-refractivity contribution in [3.05, 3.63) is 34.9 Å². The minimum absolute atomic E-state index is 0.0852. The molecule has 1 saturated heterocycles. The summed E-state index contributed by atoms with van der Waals surface area (Å²) in [7, 11) is 1.68. The Morgan fingerprint density at radius 3 is 2.65 bits per heavy atom. The van der Waals surface area contributed by atoms with Crippen molar-refractivity contribution >= 4 is 11.6 Å². The summed E-state index contributed by atoms with van der Waals surface area (Å²) in [5.41, 5.74) is 1.08. The molecule has 4 heteroatoms. The molecule has 2 fully saturated rings. The minimum Gasteiger partial charge on any atom is -0.353 e. The van der Waals surface area contributed by atoms with Gasteiger partial charge in [0.25, 0.3) is 0 Å². The molecule has 3 rings (SSSR count). The van der Waals surface area contributed by atoms with Crippen LogP contribution in [0.1, 0.15) is 37.7 Å². The Kier molecular flexibility index (Phi) is 4.32. The molecule has 0 bridgehead atoms. The summed E-state index contributed by atoms with van der Waals surface area (Å²) in [5, 5.41) is 0.774. The molecule has 2 aliphatic rings. The molecule has 1 aromatic carbocycles. The van der Waals surface area contributed by atoms with E-state index in [4.69, 9.17) is 25.8 Å². The van der Waals surface area contributed by atoms with Crippen molar-refractivity contribution in [2.75, 3.05) is 7.11 Å². The second kappa shape index (κ2) is 6.02. The van der Waals surface area contributed by atoms with E-state index in [0.29, 0.717) is 0 Å². The molecule has 0 aromatic heterocycles. The number of halogens is 1. The highest BCUT2D eigenvalue weighted by molar-refractivity contribution is 6.31. The van der Waals surface area contributed by atoms with Crippen LogP contribution in [0.15, 0.2) is 24.3 Å². The third kappa shape index (κ3) is 2.86. The van der Waals surface area contributed by atoms with Crippen LogP contribution in [-0.2, 0) is 20.6 Å². The highest BCUT2D eigenvalue weighted by atomic mass is 35.5. The monoisotopic (exact) mass is 296 g/mol. The number of rotatable bonds is 3. The average molecular weight is 297 g/mol. The third-order valence-electron chi connectivity index (χ3n) is 4.23. The third-order valence-corrected chi connectivity index (χ3v) is 4.60. The second-order valence-corrected chi connectivity index (χ2v) is 6.05. The van der Waals surface area contributed by atoms with Gasteiger partial charge in [-0.25, -0.2) is 0 Å². The van der Waals surface area contributed by atoms with E-state index in [-0.39, 0.29) is 12.4 Å². The molecule has 1 aliphatic carbocycles. The van der Waals surface area contributed by atoms with Gasteiger partial charge in [0, 0.05) is 31.4 Å². The maximum Gasteiger partial charge on any atom is 0.187 e. The highest BCUT2D eigenvalue weighted by Gasteiger charge is 2.48. The molecule has 0 unspecified atom stereocenters. The lowest BCUT2D eigenvalue weighted by molar-refractivity contribution is -0.219. The van der Waals surface area contributed by atoms with Crippen molar-refractivity contribution in [1.29, 1.82) is 0 Å². The molecule has 0 radical (unpaired) electrons. The normalized spacial score (nSPS) is 28.9. The van der Waals surface area contributed by atoms with Crippen LogP contribution in [0, 0.1) is 0 Å². The van der Waals surface area contributed by atoms with Crippen LogP contribution in [0.4, 0.5) is 0 Å². The lowest BCUT2D eigenvalue weighted by Crippen LogP contribution is -2.33. The fourth-order valence-electron chi connectivity index (χ4n) is 3.19. The first-order valence-electron chi connectivity index (χ1n) is 7.34. The summed E-state index contributed by atoms with van der Waals surface area (Å²) in [6.07, 6.45) is 5.85. The van der Waals surface area contributed by atoms with Gasteiger partial charge in [0.05, 0.1) is 0 Å². The molecule has 1 saturated carbocycles. The summed E-state index contributed by atoms with van der Waals surface area (Å²) in [6, 6.07) is 7.87. The van der Waals surface area contributed by atoms with Crippen LogP contribution < -0.4 is 0 Å². The molecule has 1 aromatic rings. The second-order valence-electron chi connectivity index (χ2n) is 5.65. The van der Waals surface area contributed by atoms with Crippen molar-refractivity contribution in [3.63, 3.8) is 0 Å². The fourth-order valence-corrected chi connectivity index (χ4v) is 3.40. The summed E-state index contributed by atoms with van der Waals surface area (Å²) < 4.78 is 17.8. The van der Waals surface area contributed by atoms with E-state index < -0.39 is 5.79 Å². The Morgan fingerprint density at radius 1 is 1.20 bits per heavy atom. The molecule has 20 heavy (non-hydrogen) atoms. The lowest BCUT2D eigenvalue weighted by Gasteiger charge is -2.31. The van der Waals surface area contributed by atoms with Gasteiger partial charge in [0.15, 0.2) is 12.1 Å². The van der Waals surface area contributed by atoms with Gasteiger partial charge in [-0.05, 0) is 24.5 Å². The van der Waals surface area contributed by atoms with Gasteiger partial charge >= 0.3 is 0 Å². The van der Waals surface area contributed by atoms with Gasteiger partial charge in [0.2, 0.25) is 0 Å². The lowest BCUT2D eigenvalue weighted by atomic mass is 9.94. The largest absolute Gasteiger partial charge is 0.353 e. The fraction of sp³-hybridized carbons (Fsp3) is 0.625. The van der Waals surface area contributed by atoms with E-state index in [0.717, 1.165) is 42.7 Å². The molecule has 1 heterocycles. The van der Waals surface area contributed by atoms with E-state index in [1.165, 1.54) is 6.42 Å². The van der Waals surface area contributed by atoms with Crippen LogP contribution in [-0.4, -0.2) is 25.3 Å². The SMILES string of the molecule is CO[C@@H]1OC2(CCCCC2)O[C@@H]1Cc1ccccc1Cl. The van der Waals surface area contributed by atoms with Gasteiger partial charge in [-0.1, -0.05) is 36.2 Å². The Morgan fingerprint density at radius 2 is 1.95 bits per heavy atom. The zero-order valence-electron chi connectivity index (χ0n) is 11.8. The number of hydrogen-bond acceptors (Lipinski definition) is 3. The minimum atomic E-state index is -0.426. The maximum atomic E-state index is 6.25. The van der Waals surface area contributed by atoms with Crippen LogP contribution in [0.5, 0.6) is 0 Å². The van der Waals surface area contributed by atoms with E-state index in [1.54, 1.807) is 7.11 Å². The maximum absolute atomic E-state index is 6.25. The Labute approximate surface area is 125 Å². The smallest absolute Gasteiger partial charge is 0.187 e. The summed E-state index contributed by atoms with van der Waals surface area (Å²) in [6.45, 7) is 0. The zero-order chi connectivity index (χ0) is 14.0. The summed E-state index contributed by atoms with van der Waals surface area (Å²) in [5.74, 6) is -0.426.